The van der Waals surface area contributed by atoms with Gasteiger partial charge in [0.15, 0.2) is 0 Å². The van der Waals surface area contributed by atoms with Gasteiger partial charge in [-0.25, -0.2) is 0 Å². The molecule has 1 fully saturated rings. The first-order valence-corrected chi connectivity index (χ1v) is 9.44. The van der Waals surface area contributed by atoms with Crippen LogP contribution in [-0.4, -0.2) is 35.9 Å². The van der Waals surface area contributed by atoms with Gasteiger partial charge in [0.05, 0.1) is 11.4 Å². The molecule has 130 valence electrons. The maximum absolute atomic E-state index is 12.3. The Bertz CT molecular complexity index is 730. The molecular weight excluding hydrogens is 334 g/mol. The number of hydrogen-bond donors (Lipinski definition) is 3. The molecule has 0 aromatic heterocycles. The van der Waals surface area contributed by atoms with Crippen LogP contribution in [0.1, 0.15) is 16.8 Å². The third kappa shape index (κ3) is 5.08. The number of para-hydroxylation sites is 2. The van der Waals surface area contributed by atoms with Crippen LogP contribution >= 0.6 is 11.8 Å². The van der Waals surface area contributed by atoms with Crippen molar-refractivity contribution in [3.63, 3.8) is 0 Å². The van der Waals surface area contributed by atoms with Gasteiger partial charge in [-0.1, -0.05) is 30.3 Å². The van der Waals surface area contributed by atoms with E-state index in [2.05, 4.69) is 16.0 Å². The van der Waals surface area contributed by atoms with E-state index in [0.717, 1.165) is 18.1 Å². The number of nitrogens with one attached hydrogen (secondary N) is 3. The van der Waals surface area contributed by atoms with Crippen molar-refractivity contribution in [3.05, 3.63) is 60.2 Å². The Balaban J connectivity index is 1.64. The summed E-state index contributed by atoms with van der Waals surface area (Å²) in [7, 11) is 0. The maximum Gasteiger partial charge on any atom is 0.255 e. The number of hydrogen-bond acceptors (Lipinski definition) is 4. The van der Waals surface area contributed by atoms with Crippen LogP contribution in [0.15, 0.2) is 54.6 Å². The smallest absolute Gasteiger partial charge is 0.255 e. The van der Waals surface area contributed by atoms with Gasteiger partial charge in [0.25, 0.3) is 5.91 Å². The van der Waals surface area contributed by atoms with Gasteiger partial charge >= 0.3 is 0 Å². The van der Waals surface area contributed by atoms with Crippen LogP contribution in [0.25, 0.3) is 0 Å². The summed E-state index contributed by atoms with van der Waals surface area (Å²) in [6.07, 6.45) is 0.425. The van der Waals surface area contributed by atoms with E-state index in [1.54, 1.807) is 24.3 Å². The van der Waals surface area contributed by atoms with Crippen molar-refractivity contribution < 1.29 is 9.59 Å². The highest BCUT2D eigenvalue weighted by Crippen LogP contribution is 2.22. The molecule has 1 aliphatic heterocycles. The Morgan fingerprint density at radius 1 is 1.00 bits per heavy atom. The largest absolute Gasteiger partial charge is 0.324 e. The third-order valence-electron chi connectivity index (χ3n) is 3.92. The summed E-state index contributed by atoms with van der Waals surface area (Å²) in [5.74, 6) is 1.78. The Hall–Kier alpha value is -2.31. The Kier molecular flexibility index (Phi) is 6.09. The normalized spacial score (nSPS) is 16.9. The lowest BCUT2D eigenvalue weighted by Crippen LogP contribution is -2.39. The minimum atomic E-state index is -0.201. The standard InChI is InChI=1S/C19H21N3O2S/c23-18(12-15-13-25-11-10-20-15)21-16-8-4-5-9-17(16)22-19(24)14-6-2-1-3-7-14/h1-9,15,20H,10-13H2,(H,21,23)(H,22,24). The molecule has 3 rings (SSSR count). The van der Waals surface area contributed by atoms with Gasteiger partial charge in [-0.15, -0.1) is 0 Å². The summed E-state index contributed by atoms with van der Waals surface area (Å²) in [6.45, 7) is 0.937. The number of benzene rings is 2. The molecule has 25 heavy (non-hydrogen) atoms. The molecule has 3 N–H and O–H groups in total. The summed E-state index contributed by atoms with van der Waals surface area (Å²) < 4.78 is 0. The van der Waals surface area contributed by atoms with Gasteiger partial charge in [-0.2, -0.15) is 11.8 Å². The van der Waals surface area contributed by atoms with Gasteiger partial charge < -0.3 is 16.0 Å². The summed E-state index contributed by atoms with van der Waals surface area (Å²) in [6, 6.07) is 16.4. The number of carbonyl (C=O) groups excluding carboxylic acids is 2. The number of rotatable bonds is 5. The zero-order valence-electron chi connectivity index (χ0n) is 13.8. The molecule has 0 spiro atoms. The van der Waals surface area contributed by atoms with E-state index in [9.17, 15) is 9.59 Å². The summed E-state index contributed by atoms with van der Waals surface area (Å²) in [5.41, 5.74) is 1.78. The second kappa shape index (κ2) is 8.69. The molecule has 0 aliphatic carbocycles. The predicted octanol–water partition coefficient (Wildman–Crippen LogP) is 2.97. The third-order valence-corrected chi connectivity index (χ3v) is 5.05. The van der Waals surface area contributed by atoms with Crippen molar-refractivity contribution in [2.75, 3.05) is 28.7 Å². The van der Waals surface area contributed by atoms with Crippen molar-refractivity contribution >= 4 is 35.0 Å². The van der Waals surface area contributed by atoms with Gasteiger partial charge in [0.2, 0.25) is 5.91 Å². The van der Waals surface area contributed by atoms with Crippen molar-refractivity contribution in [2.24, 2.45) is 0 Å². The van der Waals surface area contributed by atoms with Crippen LogP contribution < -0.4 is 16.0 Å². The first-order chi connectivity index (χ1) is 12.2. The number of anilines is 2. The second-order valence-corrected chi connectivity index (χ2v) is 6.99. The minimum absolute atomic E-state index is 0.0542. The molecular formula is C19H21N3O2S. The predicted molar refractivity (Wildman–Crippen MR) is 103 cm³/mol. The molecule has 2 aromatic rings. The highest BCUT2D eigenvalue weighted by Gasteiger charge is 2.17. The van der Waals surface area contributed by atoms with E-state index < -0.39 is 0 Å². The average molecular weight is 355 g/mol. The fourth-order valence-electron chi connectivity index (χ4n) is 2.66. The Labute approximate surface area is 151 Å². The molecule has 1 aliphatic rings. The van der Waals surface area contributed by atoms with Gasteiger partial charge in [-0.3, -0.25) is 9.59 Å². The van der Waals surface area contributed by atoms with E-state index in [4.69, 9.17) is 0 Å². The van der Waals surface area contributed by atoms with Gasteiger partial charge in [-0.05, 0) is 24.3 Å². The summed E-state index contributed by atoms with van der Waals surface area (Å²) >= 11 is 1.86. The highest BCUT2D eigenvalue weighted by atomic mass is 32.2. The number of thioether (sulfide) groups is 1. The van der Waals surface area contributed by atoms with Crippen molar-refractivity contribution in [1.29, 1.82) is 0 Å². The number of carbonyl (C=O) groups is 2. The molecule has 1 saturated heterocycles. The zero-order chi connectivity index (χ0) is 17.5. The molecule has 2 amide bonds. The first kappa shape index (κ1) is 17.5. The average Bonchev–Trinajstić information content (AvgIpc) is 2.65. The molecule has 0 bridgehead atoms. The molecule has 6 heteroatoms. The lowest BCUT2D eigenvalue weighted by atomic mass is 10.2. The molecule has 1 unspecified atom stereocenters. The molecule has 1 heterocycles. The van der Waals surface area contributed by atoms with Gasteiger partial charge in [0, 0.05) is 36.1 Å². The van der Waals surface area contributed by atoms with E-state index in [0.29, 0.717) is 23.4 Å². The monoisotopic (exact) mass is 355 g/mol. The van der Waals surface area contributed by atoms with Crippen LogP contribution in [0.2, 0.25) is 0 Å². The lowest BCUT2D eigenvalue weighted by Gasteiger charge is -2.22. The van der Waals surface area contributed by atoms with E-state index in [1.807, 2.05) is 42.1 Å². The second-order valence-electron chi connectivity index (χ2n) is 5.84. The fraction of sp³-hybridized carbons (Fsp3) is 0.263. The quantitative estimate of drug-likeness (QED) is 0.771. The van der Waals surface area contributed by atoms with E-state index in [-0.39, 0.29) is 17.9 Å². The summed E-state index contributed by atoms with van der Waals surface area (Å²) in [5, 5.41) is 9.13. The van der Waals surface area contributed by atoms with Crippen molar-refractivity contribution in [3.8, 4) is 0 Å². The first-order valence-electron chi connectivity index (χ1n) is 8.29. The van der Waals surface area contributed by atoms with Crippen LogP contribution in [0, 0.1) is 0 Å². The van der Waals surface area contributed by atoms with E-state index in [1.165, 1.54) is 0 Å². The molecule has 0 saturated carbocycles. The topological polar surface area (TPSA) is 70.2 Å². The Morgan fingerprint density at radius 3 is 2.36 bits per heavy atom. The fourth-order valence-corrected chi connectivity index (χ4v) is 3.61. The zero-order valence-corrected chi connectivity index (χ0v) is 14.6. The highest BCUT2D eigenvalue weighted by molar-refractivity contribution is 7.99. The molecule has 1 atom stereocenters. The molecule has 5 nitrogen and oxygen atoms in total. The molecule has 0 radical (unpaired) electrons. The van der Waals surface area contributed by atoms with Crippen LogP contribution in [0.3, 0.4) is 0 Å². The van der Waals surface area contributed by atoms with Crippen LogP contribution in [0.5, 0.6) is 0 Å². The van der Waals surface area contributed by atoms with Crippen molar-refractivity contribution in [1.82, 2.24) is 5.32 Å². The van der Waals surface area contributed by atoms with E-state index >= 15 is 0 Å². The van der Waals surface area contributed by atoms with Crippen molar-refractivity contribution in [2.45, 2.75) is 12.5 Å². The maximum atomic E-state index is 12.3. The minimum Gasteiger partial charge on any atom is -0.324 e. The van der Waals surface area contributed by atoms with Crippen LogP contribution in [0.4, 0.5) is 11.4 Å². The molecule has 2 aromatic carbocycles. The SMILES string of the molecule is O=C(CC1CSCCN1)Nc1ccccc1NC(=O)c1ccccc1. The van der Waals surface area contributed by atoms with Crippen LogP contribution in [-0.2, 0) is 4.79 Å². The summed E-state index contributed by atoms with van der Waals surface area (Å²) in [4.78, 5) is 24.6. The Morgan fingerprint density at radius 2 is 1.68 bits per heavy atom. The lowest BCUT2D eigenvalue weighted by molar-refractivity contribution is -0.116. The number of amides is 2. The van der Waals surface area contributed by atoms with Gasteiger partial charge in [0.1, 0.15) is 0 Å².